The highest BCUT2D eigenvalue weighted by atomic mass is 79.9. The Morgan fingerprint density at radius 2 is 2.12 bits per heavy atom. The van der Waals surface area contributed by atoms with E-state index in [1.165, 1.54) is 12.4 Å². The van der Waals surface area contributed by atoms with Gasteiger partial charge in [0.1, 0.15) is 23.0 Å². The Labute approximate surface area is 108 Å². The number of H-pyrrole nitrogens is 1. The molecular formula is C8H7BrN6OS. The van der Waals surface area contributed by atoms with Crippen LogP contribution in [0.15, 0.2) is 31.8 Å². The summed E-state index contributed by atoms with van der Waals surface area (Å²) in [6.45, 7) is 0. The van der Waals surface area contributed by atoms with Crippen LogP contribution in [-0.4, -0.2) is 19.9 Å². The average molecular weight is 315 g/mol. The first-order valence-electron chi connectivity index (χ1n) is 4.37. The lowest BCUT2D eigenvalue weighted by molar-refractivity contribution is 0.935. The molecule has 2 heterocycles. The number of nitrogens with one attached hydrogen (secondary N) is 1. The second kappa shape index (κ2) is 4.72. The zero-order valence-corrected chi connectivity index (χ0v) is 10.7. The molecule has 0 amide bonds. The first-order chi connectivity index (χ1) is 8.06. The standard InChI is InChI=1S/C8H7BrN6OS/c9-5-6(11)12-2-13-7(5)17-8-14-3(10)1-4(16)15-8/h1-2H,(H2,11,12,13)(H3,10,14,15,16). The Hall–Kier alpha value is -1.61. The van der Waals surface area contributed by atoms with Crippen LogP contribution in [0, 0.1) is 0 Å². The van der Waals surface area contributed by atoms with E-state index < -0.39 is 0 Å². The maximum Gasteiger partial charge on any atom is 0.253 e. The van der Waals surface area contributed by atoms with E-state index in [0.717, 1.165) is 11.8 Å². The molecule has 88 valence electrons. The lowest BCUT2D eigenvalue weighted by atomic mass is 10.6. The maximum absolute atomic E-state index is 11.2. The molecule has 2 rings (SSSR count). The normalized spacial score (nSPS) is 10.4. The Kier molecular flexibility index (Phi) is 3.29. The molecule has 0 fully saturated rings. The molecule has 0 aliphatic heterocycles. The summed E-state index contributed by atoms with van der Waals surface area (Å²) in [6.07, 6.45) is 1.33. The number of aromatic amines is 1. The van der Waals surface area contributed by atoms with Gasteiger partial charge in [-0.15, -0.1) is 0 Å². The minimum Gasteiger partial charge on any atom is -0.383 e. The predicted octanol–water partition coefficient (Wildman–Crippen LogP) is 0.638. The average Bonchev–Trinajstić information content (AvgIpc) is 2.23. The minimum absolute atomic E-state index is 0.148. The molecular weight excluding hydrogens is 308 g/mol. The summed E-state index contributed by atoms with van der Waals surface area (Å²) >= 11 is 4.38. The molecule has 0 aliphatic rings. The topological polar surface area (TPSA) is 124 Å². The van der Waals surface area contributed by atoms with Crippen LogP contribution in [0.5, 0.6) is 0 Å². The zero-order chi connectivity index (χ0) is 12.4. The quantitative estimate of drug-likeness (QED) is 0.548. The van der Waals surface area contributed by atoms with Gasteiger partial charge in [0.15, 0.2) is 5.16 Å². The number of nitrogens with two attached hydrogens (primary N) is 2. The van der Waals surface area contributed by atoms with Crippen molar-refractivity contribution in [2.45, 2.75) is 10.2 Å². The number of aromatic nitrogens is 4. The molecule has 7 nitrogen and oxygen atoms in total. The summed E-state index contributed by atoms with van der Waals surface area (Å²) in [5, 5.41) is 0.889. The van der Waals surface area contributed by atoms with Crippen LogP contribution in [0.25, 0.3) is 0 Å². The van der Waals surface area contributed by atoms with Gasteiger partial charge in [0.2, 0.25) is 0 Å². The van der Waals surface area contributed by atoms with Crippen LogP contribution >= 0.6 is 27.7 Å². The highest BCUT2D eigenvalue weighted by molar-refractivity contribution is 9.10. The molecule has 0 aromatic carbocycles. The van der Waals surface area contributed by atoms with Gasteiger partial charge in [-0.3, -0.25) is 4.79 Å². The molecule has 0 radical (unpaired) electrons. The fourth-order valence-corrected chi connectivity index (χ4v) is 2.26. The Balaban J connectivity index is 2.38. The van der Waals surface area contributed by atoms with Crippen molar-refractivity contribution in [3.63, 3.8) is 0 Å². The van der Waals surface area contributed by atoms with Crippen molar-refractivity contribution in [2.24, 2.45) is 0 Å². The van der Waals surface area contributed by atoms with Crippen LogP contribution in [0.2, 0.25) is 0 Å². The molecule has 0 saturated carbocycles. The molecule has 0 aliphatic carbocycles. The monoisotopic (exact) mass is 314 g/mol. The van der Waals surface area contributed by atoms with Crippen molar-refractivity contribution in [1.82, 2.24) is 19.9 Å². The summed E-state index contributed by atoms with van der Waals surface area (Å²) in [7, 11) is 0. The van der Waals surface area contributed by atoms with Crippen molar-refractivity contribution in [2.75, 3.05) is 11.5 Å². The van der Waals surface area contributed by atoms with E-state index in [2.05, 4.69) is 35.9 Å². The van der Waals surface area contributed by atoms with E-state index in [1.807, 2.05) is 0 Å². The second-order valence-corrected chi connectivity index (χ2v) is 4.73. The first kappa shape index (κ1) is 11.9. The van der Waals surface area contributed by atoms with Crippen molar-refractivity contribution >= 4 is 39.3 Å². The van der Waals surface area contributed by atoms with Gasteiger partial charge in [-0.25, -0.2) is 15.0 Å². The molecule has 0 spiro atoms. The van der Waals surface area contributed by atoms with Crippen LogP contribution < -0.4 is 17.0 Å². The highest BCUT2D eigenvalue weighted by Crippen LogP contribution is 2.31. The van der Waals surface area contributed by atoms with Crippen LogP contribution in [0.4, 0.5) is 11.6 Å². The summed E-state index contributed by atoms with van der Waals surface area (Å²) in [5.41, 5.74) is 10.8. The Morgan fingerprint density at radius 3 is 2.82 bits per heavy atom. The number of nitrogens with zero attached hydrogens (tertiary/aromatic N) is 3. The zero-order valence-electron chi connectivity index (χ0n) is 8.35. The van der Waals surface area contributed by atoms with E-state index >= 15 is 0 Å². The van der Waals surface area contributed by atoms with E-state index in [-0.39, 0.29) is 11.4 Å². The van der Waals surface area contributed by atoms with Gasteiger partial charge < -0.3 is 16.5 Å². The number of rotatable bonds is 2. The van der Waals surface area contributed by atoms with Crippen molar-refractivity contribution in [3.05, 3.63) is 27.2 Å². The summed E-state index contributed by atoms with van der Waals surface area (Å²) in [6, 6.07) is 1.20. The Bertz CT molecular complexity index is 615. The van der Waals surface area contributed by atoms with Gasteiger partial charge in [0, 0.05) is 6.07 Å². The summed E-state index contributed by atoms with van der Waals surface area (Å²) < 4.78 is 0.551. The van der Waals surface area contributed by atoms with Gasteiger partial charge in [0.25, 0.3) is 5.56 Å². The fourth-order valence-electron chi connectivity index (χ4n) is 1.03. The third-order valence-electron chi connectivity index (χ3n) is 1.72. The lowest BCUT2D eigenvalue weighted by Gasteiger charge is -2.03. The third-order valence-corrected chi connectivity index (χ3v) is 3.65. The van der Waals surface area contributed by atoms with E-state index in [0.29, 0.717) is 20.5 Å². The van der Waals surface area contributed by atoms with Crippen molar-refractivity contribution in [1.29, 1.82) is 0 Å². The predicted molar refractivity (Wildman–Crippen MR) is 67.5 cm³/mol. The van der Waals surface area contributed by atoms with Crippen LogP contribution in [0.1, 0.15) is 0 Å². The van der Waals surface area contributed by atoms with Gasteiger partial charge in [-0.05, 0) is 27.7 Å². The molecule has 0 bridgehead atoms. The van der Waals surface area contributed by atoms with Gasteiger partial charge in [-0.2, -0.15) is 0 Å². The van der Waals surface area contributed by atoms with Gasteiger partial charge in [0.05, 0.1) is 4.47 Å². The molecule has 5 N–H and O–H groups in total. The molecule has 9 heteroatoms. The van der Waals surface area contributed by atoms with Crippen LogP contribution in [-0.2, 0) is 0 Å². The van der Waals surface area contributed by atoms with E-state index in [4.69, 9.17) is 11.5 Å². The van der Waals surface area contributed by atoms with Crippen molar-refractivity contribution < 1.29 is 0 Å². The molecule has 0 unspecified atom stereocenters. The summed E-state index contributed by atoms with van der Waals surface area (Å²) in [5.74, 6) is 0.461. The van der Waals surface area contributed by atoms with E-state index in [9.17, 15) is 4.79 Å². The number of hydrogen-bond donors (Lipinski definition) is 3. The molecule has 2 aromatic heterocycles. The second-order valence-electron chi connectivity index (χ2n) is 2.96. The third kappa shape index (κ3) is 2.74. The Morgan fingerprint density at radius 1 is 1.35 bits per heavy atom. The molecule has 2 aromatic rings. The largest absolute Gasteiger partial charge is 0.383 e. The fraction of sp³-hybridized carbons (Fsp3) is 0. The smallest absolute Gasteiger partial charge is 0.253 e. The van der Waals surface area contributed by atoms with Gasteiger partial charge in [-0.1, -0.05) is 0 Å². The number of halogens is 1. The molecule has 0 saturated heterocycles. The number of anilines is 2. The molecule has 17 heavy (non-hydrogen) atoms. The maximum atomic E-state index is 11.2. The van der Waals surface area contributed by atoms with Gasteiger partial charge >= 0.3 is 0 Å². The SMILES string of the molecule is Nc1cc(=O)[nH]c(Sc2ncnc(N)c2Br)n1. The lowest BCUT2D eigenvalue weighted by Crippen LogP contribution is -2.09. The molecule has 0 atom stereocenters. The first-order valence-corrected chi connectivity index (χ1v) is 5.98. The number of nitrogen functional groups attached to an aromatic ring is 2. The minimum atomic E-state index is -0.321. The highest BCUT2D eigenvalue weighted by Gasteiger charge is 2.09. The van der Waals surface area contributed by atoms with Crippen molar-refractivity contribution in [3.8, 4) is 0 Å². The number of hydrogen-bond acceptors (Lipinski definition) is 7. The van der Waals surface area contributed by atoms with Crippen LogP contribution in [0.3, 0.4) is 0 Å². The summed E-state index contributed by atoms with van der Waals surface area (Å²) in [4.78, 5) is 25.5. The van der Waals surface area contributed by atoms with E-state index in [1.54, 1.807) is 0 Å².